The maximum atomic E-state index is 13.0. The molecule has 3 N–H and O–H groups in total. The summed E-state index contributed by atoms with van der Waals surface area (Å²) in [4.78, 5) is 0.0545. The van der Waals surface area contributed by atoms with Crippen LogP contribution in [0.3, 0.4) is 0 Å². The van der Waals surface area contributed by atoms with Gasteiger partial charge in [0.2, 0.25) is 0 Å². The Balaban J connectivity index is 2.40. The number of benzene rings is 1. The molecule has 2 rings (SSSR count). The van der Waals surface area contributed by atoms with Crippen LogP contribution in [0.5, 0.6) is 0 Å². The summed E-state index contributed by atoms with van der Waals surface area (Å²) in [5.74, 6) is -0.423. The van der Waals surface area contributed by atoms with E-state index in [4.69, 9.17) is 5.73 Å². The van der Waals surface area contributed by atoms with Gasteiger partial charge in [-0.05, 0) is 37.2 Å². The van der Waals surface area contributed by atoms with Gasteiger partial charge in [0.25, 0.3) is 10.0 Å². The Morgan fingerprint density at radius 2 is 2.00 bits per heavy atom. The summed E-state index contributed by atoms with van der Waals surface area (Å²) in [6.07, 6.45) is 3.02. The van der Waals surface area contributed by atoms with Crippen LogP contribution in [0, 0.1) is 5.82 Å². The van der Waals surface area contributed by atoms with Gasteiger partial charge >= 0.3 is 0 Å². The third-order valence-corrected chi connectivity index (χ3v) is 4.53. The molecule has 2 aromatic rings. The van der Waals surface area contributed by atoms with Crippen LogP contribution in [0.4, 0.5) is 10.1 Å². The van der Waals surface area contributed by atoms with Crippen LogP contribution < -0.4 is 10.0 Å². The molecule has 8 heteroatoms. The van der Waals surface area contributed by atoms with E-state index in [-0.39, 0.29) is 11.4 Å². The van der Waals surface area contributed by atoms with Gasteiger partial charge in [-0.1, -0.05) is 0 Å². The zero-order chi connectivity index (χ0) is 14.6. The van der Waals surface area contributed by atoms with Crippen molar-refractivity contribution in [2.24, 2.45) is 5.73 Å². The predicted octanol–water partition coefficient (Wildman–Crippen LogP) is 1.09. The number of aromatic amines is 1. The number of nitrogens with zero attached hydrogens (tertiary/aromatic N) is 2. The van der Waals surface area contributed by atoms with Crippen molar-refractivity contribution in [3.63, 3.8) is 0 Å². The molecule has 0 saturated carbocycles. The van der Waals surface area contributed by atoms with E-state index in [9.17, 15) is 12.8 Å². The number of hydrogen-bond donors (Lipinski definition) is 2. The first-order valence-electron chi connectivity index (χ1n) is 6.03. The van der Waals surface area contributed by atoms with Gasteiger partial charge in [-0.2, -0.15) is 5.10 Å². The summed E-state index contributed by atoms with van der Waals surface area (Å²) < 4.78 is 39.2. The molecule has 0 spiro atoms. The fourth-order valence-corrected chi connectivity index (χ4v) is 3.15. The monoisotopic (exact) mass is 298 g/mol. The maximum absolute atomic E-state index is 13.0. The summed E-state index contributed by atoms with van der Waals surface area (Å²) in [5, 5.41) is 6.11. The molecule has 0 amide bonds. The van der Waals surface area contributed by atoms with E-state index in [0.29, 0.717) is 18.7 Å². The number of nitrogens with one attached hydrogen (secondary N) is 1. The highest BCUT2D eigenvalue weighted by molar-refractivity contribution is 7.92. The quantitative estimate of drug-likeness (QED) is 0.835. The molecule has 0 bridgehead atoms. The van der Waals surface area contributed by atoms with E-state index >= 15 is 0 Å². The van der Waals surface area contributed by atoms with Crippen LogP contribution in [-0.2, 0) is 10.0 Å². The molecule has 0 aliphatic carbocycles. The lowest BCUT2D eigenvalue weighted by molar-refractivity contribution is 0.589. The van der Waals surface area contributed by atoms with Crippen molar-refractivity contribution >= 4 is 15.7 Å². The second kappa shape index (κ2) is 6.02. The summed E-state index contributed by atoms with van der Waals surface area (Å²) in [6.45, 7) is 0.578. The van der Waals surface area contributed by atoms with E-state index in [1.165, 1.54) is 41.0 Å². The Kier molecular flexibility index (Phi) is 4.35. The number of H-pyrrole nitrogens is 1. The molecule has 20 heavy (non-hydrogen) atoms. The van der Waals surface area contributed by atoms with Gasteiger partial charge in [0.1, 0.15) is 10.7 Å². The van der Waals surface area contributed by atoms with Crippen molar-refractivity contribution in [1.82, 2.24) is 10.2 Å². The highest BCUT2D eigenvalue weighted by atomic mass is 32.2. The van der Waals surface area contributed by atoms with Crippen molar-refractivity contribution in [1.29, 1.82) is 0 Å². The Hall–Kier alpha value is -1.93. The van der Waals surface area contributed by atoms with Crippen molar-refractivity contribution in [2.75, 3.05) is 17.4 Å². The van der Waals surface area contributed by atoms with Crippen LogP contribution >= 0.6 is 0 Å². The fraction of sp³-hybridized carbons (Fsp3) is 0.250. The average molecular weight is 298 g/mol. The molecule has 0 aliphatic heterocycles. The van der Waals surface area contributed by atoms with E-state index < -0.39 is 15.8 Å². The third kappa shape index (κ3) is 2.97. The number of anilines is 1. The highest BCUT2D eigenvalue weighted by Gasteiger charge is 2.25. The molecule has 1 aromatic heterocycles. The molecule has 6 nitrogen and oxygen atoms in total. The first-order chi connectivity index (χ1) is 9.55. The Labute approximate surface area is 116 Å². The summed E-state index contributed by atoms with van der Waals surface area (Å²) in [5.41, 5.74) is 5.83. The normalized spacial score (nSPS) is 11.5. The first kappa shape index (κ1) is 14.5. The van der Waals surface area contributed by atoms with Crippen LogP contribution in [0.2, 0.25) is 0 Å². The lowest BCUT2D eigenvalue weighted by Crippen LogP contribution is -2.32. The highest BCUT2D eigenvalue weighted by Crippen LogP contribution is 2.23. The average Bonchev–Trinajstić information content (AvgIpc) is 2.96. The first-order valence-corrected chi connectivity index (χ1v) is 7.47. The van der Waals surface area contributed by atoms with E-state index in [1.54, 1.807) is 0 Å². The lowest BCUT2D eigenvalue weighted by atomic mass is 10.3. The lowest BCUT2D eigenvalue weighted by Gasteiger charge is -2.23. The molecular weight excluding hydrogens is 283 g/mol. The number of aromatic nitrogens is 2. The van der Waals surface area contributed by atoms with Gasteiger partial charge in [0.15, 0.2) is 0 Å². The molecule has 0 saturated heterocycles. The zero-order valence-corrected chi connectivity index (χ0v) is 11.5. The van der Waals surface area contributed by atoms with Crippen LogP contribution in [0.15, 0.2) is 41.6 Å². The molecule has 0 radical (unpaired) electrons. The Morgan fingerprint density at radius 3 is 2.55 bits per heavy atom. The third-order valence-electron chi connectivity index (χ3n) is 2.74. The summed E-state index contributed by atoms with van der Waals surface area (Å²) in [6, 6.07) is 5.28. The second-order valence-electron chi connectivity index (χ2n) is 4.13. The number of nitrogens with two attached hydrogens (primary N) is 1. The number of hydrogen-bond acceptors (Lipinski definition) is 4. The molecular formula is C12H15FN4O2S. The number of sulfonamides is 1. The van der Waals surface area contributed by atoms with Gasteiger partial charge < -0.3 is 5.73 Å². The molecule has 1 aromatic carbocycles. The van der Waals surface area contributed by atoms with E-state index in [1.807, 2.05) is 0 Å². The number of rotatable bonds is 6. The van der Waals surface area contributed by atoms with Gasteiger partial charge in [-0.15, -0.1) is 0 Å². The van der Waals surface area contributed by atoms with Gasteiger partial charge in [-0.25, -0.2) is 12.8 Å². The molecule has 0 aliphatic rings. The van der Waals surface area contributed by atoms with Crippen molar-refractivity contribution < 1.29 is 12.8 Å². The minimum atomic E-state index is -3.73. The van der Waals surface area contributed by atoms with Crippen molar-refractivity contribution in [3.8, 4) is 0 Å². The summed E-state index contributed by atoms with van der Waals surface area (Å²) in [7, 11) is -3.73. The standard InChI is InChI=1S/C12H15FN4O2S/c13-10-2-4-11(5-3-10)17(7-1-6-14)20(18,19)12-8-15-16-9-12/h2-5,8-9H,1,6-7,14H2,(H,15,16). The van der Waals surface area contributed by atoms with Crippen molar-refractivity contribution in [3.05, 3.63) is 42.5 Å². The van der Waals surface area contributed by atoms with E-state index in [0.717, 1.165) is 0 Å². The Bertz CT molecular complexity index is 641. The molecule has 0 unspecified atom stereocenters. The van der Waals surface area contributed by atoms with Crippen molar-refractivity contribution in [2.45, 2.75) is 11.3 Å². The molecule has 0 atom stereocenters. The smallest absolute Gasteiger partial charge is 0.267 e. The van der Waals surface area contributed by atoms with Gasteiger partial charge in [0, 0.05) is 12.7 Å². The second-order valence-corrected chi connectivity index (χ2v) is 5.99. The maximum Gasteiger partial charge on any atom is 0.267 e. The Morgan fingerprint density at radius 1 is 1.30 bits per heavy atom. The minimum absolute atomic E-state index is 0.0545. The van der Waals surface area contributed by atoms with Crippen LogP contribution in [0.1, 0.15) is 6.42 Å². The molecule has 108 valence electrons. The zero-order valence-electron chi connectivity index (χ0n) is 10.7. The fourth-order valence-electron chi connectivity index (χ4n) is 1.74. The summed E-state index contributed by atoms with van der Waals surface area (Å²) >= 11 is 0. The van der Waals surface area contributed by atoms with E-state index in [2.05, 4.69) is 10.2 Å². The largest absolute Gasteiger partial charge is 0.330 e. The topological polar surface area (TPSA) is 92.1 Å². The van der Waals surface area contributed by atoms with Crippen LogP contribution in [-0.4, -0.2) is 31.7 Å². The van der Waals surface area contributed by atoms with Gasteiger partial charge in [-0.3, -0.25) is 9.40 Å². The van der Waals surface area contributed by atoms with Gasteiger partial charge in [0.05, 0.1) is 11.9 Å². The SMILES string of the molecule is NCCCN(c1ccc(F)cc1)S(=O)(=O)c1cn[nH]c1. The minimum Gasteiger partial charge on any atom is -0.330 e. The number of halogens is 1. The van der Waals surface area contributed by atoms with Crippen LogP contribution in [0.25, 0.3) is 0 Å². The molecule has 0 fully saturated rings. The predicted molar refractivity (Wildman–Crippen MR) is 73.2 cm³/mol. The molecule has 1 heterocycles.